The largest absolute Gasteiger partial charge is 0.293 e. The van der Waals surface area contributed by atoms with Gasteiger partial charge in [-0.05, 0) is 37.6 Å². The highest BCUT2D eigenvalue weighted by Crippen LogP contribution is 2.30. The molecule has 8 heteroatoms. The van der Waals surface area contributed by atoms with Crippen LogP contribution in [0, 0.1) is 13.8 Å². The van der Waals surface area contributed by atoms with Gasteiger partial charge in [0, 0.05) is 27.9 Å². The van der Waals surface area contributed by atoms with E-state index in [9.17, 15) is 9.59 Å². The normalized spacial score (nSPS) is 11.2. The summed E-state index contributed by atoms with van der Waals surface area (Å²) >= 11 is 6.05. The van der Waals surface area contributed by atoms with E-state index in [0.29, 0.717) is 27.4 Å². The molecule has 0 aliphatic heterocycles. The number of nitrogens with zero attached hydrogens (tertiary/aromatic N) is 3. The van der Waals surface area contributed by atoms with Crippen molar-refractivity contribution in [2.24, 2.45) is 0 Å². The molecule has 0 bridgehead atoms. The van der Waals surface area contributed by atoms with Gasteiger partial charge in [-0.25, -0.2) is 4.98 Å². The van der Waals surface area contributed by atoms with Crippen LogP contribution in [0.4, 0.5) is 0 Å². The van der Waals surface area contributed by atoms with Crippen molar-refractivity contribution < 1.29 is 0 Å². The summed E-state index contributed by atoms with van der Waals surface area (Å²) in [6, 6.07) is 18.5. The van der Waals surface area contributed by atoms with Crippen LogP contribution in [-0.4, -0.2) is 24.7 Å². The van der Waals surface area contributed by atoms with E-state index in [1.807, 2.05) is 49.4 Å². The monoisotopic (exact) mass is 443 g/mol. The summed E-state index contributed by atoms with van der Waals surface area (Å²) in [6.07, 6.45) is 0. The number of nitrogens with one attached hydrogen (secondary N) is 2. The van der Waals surface area contributed by atoms with E-state index < -0.39 is 0 Å². The van der Waals surface area contributed by atoms with Gasteiger partial charge in [-0.2, -0.15) is 9.67 Å². The third-order valence-corrected chi connectivity index (χ3v) is 5.48. The molecule has 2 N–H and O–H groups in total. The molecule has 0 aliphatic carbocycles. The van der Waals surface area contributed by atoms with Gasteiger partial charge in [0.05, 0.1) is 11.1 Å². The molecule has 3 heterocycles. The number of hydrogen-bond donors (Lipinski definition) is 2. The van der Waals surface area contributed by atoms with Gasteiger partial charge in [0.25, 0.3) is 11.1 Å². The van der Waals surface area contributed by atoms with E-state index in [1.165, 1.54) is 10.7 Å². The minimum Gasteiger partial charge on any atom is -0.293 e. The second kappa shape index (κ2) is 7.62. The molecule has 5 aromatic rings. The Morgan fingerprint density at radius 3 is 2.22 bits per heavy atom. The standard InChI is InChI=1S/C24H18ClN5O2/c1-13-3-5-15(6-4-13)18-12-19(16-7-9-17(25)10-8-16)26-22-21(18)23(32)28-24(27-22)30-20(31)11-14(2)29-30/h3-12,29H,1-2H3,(H,26,27,28,32). The van der Waals surface area contributed by atoms with E-state index in [4.69, 9.17) is 11.6 Å². The second-order valence-corrected chi connectivity index (χ2v) is 8.07. The van der Waals surface area contributed by atoms with Crippen molar-refractivity contribution in [2.45, 2.75) is 13.8 Å². The number of aromatic amines is 2. The predicted molar refractivity (Wildman–Crippen MR) is 125 cm³/mol. The first-order valence-electron chi connectivity index (χ1n) is 9.96. The fourth-order valence-corrected chi connectivity index (χ4v) is 3.76. The topological polar surface area (TPSA) is 96.4 Å². The van der Waals surface area contributed by atoms with Gasteiger partial charge in [-0.1, -0.05) is 53.6 Å². The number of halogens is 1. The molecule has 0 amide bonds. The van der Waals surface area contributed by atoms with Crippen molar-refractivity contribution in [2.75, 3.05) is 0 Å². The number of aromatic nitrogens is 5. The Morgan fingerprint density at radius 2 is 1.56 bits per heavy atom. The number of rotatable bonds is 3. The lowest BCUT2D eigenvalue weighted by atomic mass is 9.99. The Morgan fingerprint density at radius 1 is 0.875 bits per heavy atom. The summed E-state index contributed by atoms with van der Waals surface area (Å²) < 4.78 is 1.19. The highest BCUT2D eigenvalue weighted by molar-refractivity contribution is 6.30. The van der Waals surface area contributed by atoms with E-state index in [-0.39, 0.29) is 22.7 Å². The van der Waals surface area contributed by atoms with Crippen LogP contribution in [0.15, 0.2) is 70.3 Å². The molecule has 158 valence electrons. The third-order valence-electron chi connectivity index (χ3n) is 5.23. The van der Waals surface area contributed by atoms with Gasteiger partial charge < -0.3 is 0 Å². The Balaban J connectivity index is 1.83. The van der Waals surface area contributed by atoms with E-state index in [0.717, 1.165) is 16.7 Å². The van der Waals surface area contributed by atoms with Crippen LogP contribution in [0.1, 0.15) is 11.3 Å². The average molecular weight is 444 g/mol. The van der Waals surface area contributed by atoms with E-state index in [1.54, 1.807) is 19.1 Å². The summed E-state index contributed by atoms with van der Waals surface area (Å²) in [5.74, 6) is 0.0798. The van der Waals surface area contributed by atoms with Gasteiger partial charge in [-0.3, -0.25) is 19.7 Å². The Kier molecular flexibility index (Phi) is 4.75. The summed E-state index contributed by atoms with van der Waals surface area (Å²) in [5, 5.41) is 3.86. The summed E-state index contributed by atoms with van der Waals surface area (Å²) in [7, 11) is 0. The first-order chi connectivity index (χ1) is 15.4. The summed E-state index contributed by atoms with van der Waals surface area (Å²) in [6.45, 7) is 3.76. The van der Waals surface area contributed by atoms with Crippen LogP contribution in [0.25, 0.3) is 39.4 Å². The number of hydrogen-bond acceptors (Lipinski definition) is 4. The van der Waals surface area contributed by atoms with Gasteiger partial charge >= 0.3 is 0 Å². The van der Waals surface area contributed by atoms with Crippen LogP contribution < -0.4 is 11.1 Å². The van der Waals surface area contributed by atoms with E-state index in [2.05, 4.69) is 20.1 Å². The maximum absolute atomic E-state index is 13.2. The molecule has 0 unspecified atom stereocenters. The van der Waals surface area contributed by atoms with Crippen molar-refractivity contribution in [1.29, 1.82) is 0 Å². The highest BCUT2D eigenvalue weighted by Gasteiger charge is 2.16. The van der Waals surface area contributed by atoms with Crippen LogP contribution in [-0.2, 0) is 0 Å². The maximum Gasteiger partial charge on any atom is 0.274 e. The zero-order valence-electron chi connectivity index (χ0n) is 17.3. The highest BCUT2D eigenvalue weighted by atomic mass is 35.5. The predicted octanol–water partition coefficient (Wildman–Crippen LogP) is 4.40. The van der Waals surface area contributed by atoms with Crippen molar-refractivity contribution in [1.82, 2.24) is 24.7 Å². The fourth-order valence-electron chi connectivity index (χ4n) is 3.63. The van der Waals surface area contributed by atoms with Crippen LogP contribution >= 0.6 is 11.6 Å². The molecule has 0 radical (unpaired) electrons. The van der Waals surface area contributed by atoms with Crippen molar-refractivity contribution >= 4 is 22.6 Å². The van der Waals surface area contributed by atoms with Gasteiger partial charge in [0.15, 0.2) is 5.65 Å². The van der Waals surface area contributed by atoms with Crippen LogP contribution in [0.2, 0.25) is 5.02 Å². The molecule has 0 atom stereocenters. The molecule has 2 aromatic carbocycles. The lowest BCUT2D eigenvalue weighted by molar-refractivity contribution is 0.774. The molecule has 7 nitrogen and oxygen atoms in total. The van der Waals surface area contributed by atoms with Crippen molar-refractivity contribution in [3.63, 3.8) is 0 Å². The molecular weight excluding hydrogens is 426 g/mol. The lowest BCUT2D eigenvalue weighted by Gasteiger charge is -2.11. The number of benzene rings is 2. The molecule has 3 aromatic heterocycles. The van der Waals surface area contributed by atoms with Gasteiger partial charge in [0.2, 0.25) is 5.95 Å². The molecule has 0 spiro atoms. The van der Waals surface area contributed by atoms with Crippen molar-refractivity contribution in [3.8, 4) is 28.3 Å². The number of fused-ring (bicyclic) bond motifs is 1. The summed E-state index contributed by atoms with van der Waals surface area (Å²) in [5.41, 5.74) is 4.35. The summed E-state index contributed by atoms with van der Waals surface area (Å²) in [4.78, 5) is 37.3. The van der Waals surface area contributed by atoms with Crippen LogP contribution in [0.5, 0.6) is 0 Å². The third kappa shape index (κ3) is 3.52. The Bertz CT molecular complexity index is 1580. The number of pyridine rings is 1. The molecule has 0 saturated carbocycles. The first kappa shape index (κ1) is 20.0. The molecule has 5 rings (SSSR count). The van der Waals surface area contributed by atoms with Crippen molar-refractivity contribution in [3.05, 3.63) is 97.7 Å². The Hall–Kier alpha value is -3.97. The van der Waals surface area contributed by atoms with Gasteiger partial charge in [0.1, 0.15) is 0 Å². The second-order valence-electron chi connectivity index (χ2n) is 7.63. The zero-order chi connectivity index (χ0) is 22.4. The average Bonchev–Trinajstić information content (AvgIpc) is 3.12. The number of aryl methyl sites for hydroxylation is 2. The molecule has 0 saturated heterocycles. The molecule has 0 fully saturated rings. The van der Waals surface area contributed by atoms with Crippen LogP contribution in [0.3, 0.4) is 0 Å². The maximum atomic E-state index is 13.2. The van der Waals surface area contributed by atoms with E-state index >= 15 is 0 Å². The smallest absolute Gasteiger partial charge is 0.274 e. The molecule has 0 aliphatic rings. The number of H-pyrrole nitrogens is 2. The Labute approximate surface area is 187 Å². The quantitative estimate of drug-likeness (QED) is 0.432. The zero-order valence-corrected chi connectivity index (χ0v) is 18.1. The minimum atomic E-state index is -0.380. The molecule has 32 heavy (non-hydrogen) atoms. The molecular formula is C24H18ClN5O2. The first-order valence-corrected chi connectivity index (χ1v) is 10.3. The van der Waals surface area contributed by atoms with Gasteiger partial charge in [-0.15, -0.1) is 0 Å². The lowest BCUT2D eigenvalue weighted by Crippen LogP contribution is -2.22. The SMILES string of the molecule is Cc1ccc(-c2cc(-c3ccc(Cl)cc3)nc3nc(-n4[nH]c(C)cc4=O)[nH]c(=O)c23)cc1. The minimum absolute atomic E-state index is 0.0798. The fraction of sp³-hybridized carbons (Fsp3) is 0.0833.